The third-order valence-corrected chi connectivity index (χ3v) is 2.20. The van der Waals surface area contributed by atoms with Gasteiger partial charge in [0.1, 0.15) is 0 Å². The lowest BCUT2D eigenvalue weighted by atomic mass is 9.94. The molecule has 0 spiro atoms. The molecule has 0 aliphatic rings. The molecule has 0 amide bonds. The van der Waals surface area contributed by atoms with E-state index in [0.29, 0.717) is 0 Å². The van der Waals surface area contributed by atoms with Crippen LogP contribution >= 0.6 is 0 Å². The predicted octanol–water partition coefficient (Wildman–Crippen LogP) is 3.57. The quantitative estimate of drug-likeness (QED) is 0.386. The fourth-order valence-corrected chi connectivity index (χ4v) is 1.33. The van der Waals surface area contributed by atoms with Crippen LogP contribution in [0.15, 0.2) is 0 Å². The van der Waals surface area contributed by atoms with Crippen molar-refractivity contribution in [3.05, 3.63) is 0 Å². The number of rotatable bonds is 7. The number of hydrogen-bond donors (Lipinski definition) is 0. The molecule has 1 heteroatoms. The lowest BCUT2D eigenvalue weighted by Crippen LogP contribution is -1.94. The van der Waals surface area contributed by atoms with E-state index in [1.165, 1.54) is 38.5 Å². The SMILES string of the molecule is [B]CCCCC(C)CCCC. The minimum absolute atomic E-state index is 0.862. The molecule has 64 valence electrons. The van der Waals surface area contributed by atoms with Crippen molar-refractivity contribution in [3.63, 3.8) is 0 Å². The van der Waals surface area contributed by atoms with Crippen molar-refractivity contribution in [1.29, 1.82) is 0 Å². The van der Waals surface area contributed by atoms with Crippen molar-refractivity contribution in [3.8, 4) is 0 Å². The first-order valence-corrected chi connectivity index (χ1v) is 5.01. The highest BCUT2D eigenvalue weighted by Gasteiger charge is 1.99. The van der Waals surface area contributed by atoms with Crippen LogP contribution in [0.25, 0.3) is 0 Å². The second kappa shape index (κ2) is 8.16. The van der Waals surface area contributed by atoms with Crippen molar-refractivity contribution in [2.45, 2.75) is 58.7 Å². The molecule has 0 heterocycles. The normalized spacial score (nSPS) is 13.3. The van der Waals surface area contributed by atoms with Crippen molar-refractivity contribution in [2.75, 3.05) is 0 Å². The fraction of sp³-hybridized carbons (Fsp3) is 1.00. The molecule has 0 aromatic heterocycles. The largest absolute Gasteiger partial charge is 0.0887 e. The summed E-state index contributed by atoms with van der Waals surface area (Å²) in [5, 5.41) is 0. The van der Waals surface area contributed by atoms with Gasteiger partial charge in [-0.25, -0.2) is 0 Å². The molecular formula is C10H21B. The minimum Gasteiger partial charge on any atom is -0.0887 e. The summed E-state index contributed by atoms with van der Waals surface area (Å²) in [5.41, 5.74) is 0. The van der Waals surface area contributed by atoms with Gasteiger partial charge in [0.2, 0.25) is 0 Å². The highest BCUT2D eigenvalue weighted by Crippen LogP contribution is 2.15. The number of unbranched alkanes of at least 4 members (excludes halogenated alkanes) is 2. The summed E-state index contributed by atoms with van der Waals surface area (Å²) in [7, 11) is 5.41. The Hall–Kier alpha value is 0.0649. The van der Waals surface area contributed by atoms with Crippen molar-refractivity contribution in [2.24, 2.45) is 5.92 Å². The van der Waals surface area contributed by atoms with Crippen LogP contribution in [0, 0.1) is 5.92 Å². The molecule has 0 saturated carbocycles. The van der Waals surface area contributed by atoms with Gasteiger partial charge in [-0.05, 0) is 5.92 Å². The van der Waals surface area contributed by atoms with Crippen molar-refractivity contribution < 1.29 is 0 Å². The zero-order valence-electron chi connectivity index (χ0n) is 8.10. The molecule has 1 unspecified atom stereocenters. The first kappa shape index (κ1) is 11.1. The van der Waals surface area contributed by atoms with Crippen molar-refractivity contribution in [1.82, 2.24) is 0 Å². The summed E-state index contributed by atoms with van der Waals surface area (Å²) in [6, 6.07) is 0. The molecule has 11 heavy (non-hydrogen) atoms. The molecule has 0 fully saturated rings. The summed E-state index contributed by atoms with van der Waals surface area (Å²) in [5.74, 6) is 0.918. The van der Waals surface area contributed by atoms with Gasteiger partial charge in [-0.15, -0.1) is 0 Å². The van der Waals surface area contributed by atoms with Gasteiger partial charge in [0.25, 0.3) is 0 Å². The maximum absolute atomic E-state index is 5.41. The van der Waals surface area contributed by atoms with E-state index in [1.54, 1.807) is 0 Å². The van der Waals surface area contributed by atoms with Gasteiger partial charge in [0, 0.05) is 0 Å². The van der Waals surface area contributed by atoms with E-state index in [1.807, 2.05) is 0 Å². The smallest absolute Gasteiger partial charge is 0.0653 e. The van der Waals surface area contributed by atoms with Crippen LogP contribution in [0.1, 0.15) is 52.4 Å². The highest BCUT2D eigenvalue weighted by atomic mass is 14.0. The number of hydrogen-bond acceptors (Lipinski definition) is 0. The third kappa shape index (κ3) is 7.97. The third-order valence-electron chi connectivity index (χ3n) is 2.20. The zero-order valence-corrected chi connectivity index (χ0v) is 8.10. The Bertz CT molecular complexity index is 71.3. The predicted molar refractivity (Wildman–Crippen MR) is 53.1 cm³/mol. The standard InChI is InChI=1S/C10H21B/c1-3-4-7-10(2)8-5-6-9-11/h10H,3-9H2,1-2H3. The van der Waals surface area contributed by atoms with Gasteiger partial charge in [-0.1, -0.05) is 58.7 Å². The van der Waals surface area contributed by atoms with Gasteiger partial charge in [0.15, 0.2) is 0 Å². The molecule has 0 N–H and O–H groups in total. The molecule has 0 aliphatic carbocycles. The molecule has 2 radical (unpaired) electrons. The second-order valence-corrected chi connectivity index (χ2v) is 3.53. The summed E-state index contributed by atoms with van der Waals surface area (Å²) in [4.78, 5) is 0. The van der Waals surface area contributed by atoms with E-state index in [0.717, 1.165) is 12.2 Å². The molecule has 0 aliphatic heterocycles. The van der Waals surface area contributed by atoms with Crippen LogP contribution in [0.5, 0.6) is 0 Å². The van der Waals surface area contributed by atoms with Crippen LogP contribution in [0.2, 0.25) is 6.32 Å². The lowest BCUT2D eigenvalue weighted by Gasteiger charge is -2.09. The maximum Gasteiger partial charge on any atom is 0.0653 e. The second-order valence-electron chi connectivity index (χ2n) is 3.53. The van der Waals surface area contributed by atoms with Crippen LogP contribution < -0.4 is 0 Å². The van der Waals surface area contributed by atoms with Gasteiger partial charge < -0.3 is 0 Å². The summed E-state index contributed by atoms with van der Waals surface area (Å²) >= 11 is 0. The first-order chi connectivity index (χ1) is 5.31. The molecule has 0 aromatic carbocycles. The topological polar surface area (TPSA) is 0 Å². The molecular weight excluding hydrogens is 131 g/mol. The Balaban J connectivity index is 3.02. The summed E-state index contributed by atoms with van der Waals surface area (Å²) < 4.78 is 0. The lowest BCUT2D eigenvalue weighted by molar-refractivity contribution is 0.454. The zero-order chi connectivity index (χ0) is 8.53. The van der Waals surface area contributed by atoms with Gasteiger partial charge in [0.05, 0.1) is 7.85 Å². The Morgan fingerprint density at radius 2 is 1.73 bits per heavy atom. The van der Waals surface area contributed by atoms with Crippen molar-refractivity contribution >= 4 is 7.85 Å². The Labute approximate surface area is 73.2 Å². The first-order valence-electron chi connectivity index (χ1n) is 5.01. The van der Waals surface area contributed by atoms with E-state index >= 15 is 0 Å². The van der Waals surface area contributed by atoms with E-state index < -0.39 is 0 Å². The molecule has 1 atom stereocenters. The van der Waals surface area contributed by atoms with E-state index in [2.05, 4.69) is 13.8 Å². The average molecular weight is 152 g/mol. The maximum atomic E-state index is 5.41. The average Bonchev–Trinajstić information content (AvgIpc) is 2.01. The van der Waals surface area contributed by atoms with Gasteiger partial charge in [-0.3, -0.25) is 0 Å². The van der Waals surface area contributed by atoms with Gasteiger partial charge in [-0.2, -0.15) is 0 Å². The summed E-state index contributed by atoms with van der Waals surface area (Å²) in [6.45, 7) is 4.61. The molecule has 0 saturated heterocycles. The Kier molecular flexibility index (Phi) is 8.21. The minimum atomic E-state index is 0.862. The van der Waals surface area contributed by atoms with E-state index in [9.17, 15) is 0 Å². The molecule has 0 rings (SSSR count). The van der Waals surface area contributed by atoms with Crippen LogP contribution in [-0.2, 0) is 0 Å². The van der Waals surface area contributed by atoms with E-state index in [-0.39, 0.29) is 0 Å². The molecule has 0 nitrogen and oxygen atoms in total. The monoisotopic (exact) mass is 152 g/mol. The Morgan fingerprint density at radius 3 is 2.27 bits per heavy atom. The van der Waals surface area contributed by atoms with Crippen LogP contribution in [0.4, 0.5) is 0 Å². The van der Waals surface area contributed by atoms with E-state index in [4.69, 9.17) is 7.85 Å². The molecule has 0 bridgehead atoms. The summed E-state index contributed by atoms with van der Waals surface area (Å²) in [6.07, 6.45) is 8.89. The highest BCUT2D eigenvalue weighted by molar-refractivity contribution is 6.08. The molecule has 0 aromatic rings. The van der Waals surface area contributed by atoms with Crippen LogP contribution in [0.3, 0.4) is 0 Å². The Morgan fingerprint density at radius 1 is 1.09 bits per heavy atom. The fourth-order valence-electron chi connectivity index (χ4n) is 1.33. The van der Waals surface area contributed by atoms with Gasteiger partial charge >= 0.3 is 0 Å². The van der Waals surface area contributed by atoms with Crippen LogP contribution in [-0.4, -0.2) is 7.85 Å².